The van der Waals surface area contributed by atoms with E-state index in [-0.39, 0.29) is 19.1 Å². The van der Waals surface area contributed by atoms with Gasteiger partial charge in [0, 0.05) is 40.8 Å². The van der Waals surface area contributed by atoms with Gasteiger partial charge in [0.1, 0.15) is 11.6 Å². The van der Waals surface area contributed by atoms with Gasteiger partial charge in [-0.1, -0.05) is 23.4 Å². The molecule has 0 spiro atoms. The Labute approximate surface area is 160 Å². The molecule has 0 radical (unpaired) electrons. The van der Waals surface area contributed by atoms with Gasteiger partial charge in [0.15, 0.2) is 11.9 Å². The van der Waals surface area contributed by atoms with Gasteiger partial charge < -0.3 is 19.8 Å². The molecule has 1 aliphatic heterocycles. The van der Waals surface area contributed by atoms with Crippen LogP contribution in [0.3, 0.4) is 0 Å². The predicted molar refractivity (Wildman–Crippen MR) is 97.1 cm³/mol. The molecule has 0 saturated heterocycles. The fourth-order valence-corrected chi connectivity index (χ4v) is 4.19. The minimum atomic E-state index is -0.325. The van der Waals surface area contributed by atoms with Crippen molar-refractivity contribution in [2.24, 2.45) is 5.73 Å². The van der Waals surface area contributed by atoms with Crippen LogP contribution in [0, 0.1) is 0 Å². The summed E-state index contributed by atoms with van der Waals surface area (Å²) in [5.74, 6) is 2.55. The molecule has 1 aromatic heterocycles. The second-order valence-corrected chi connectivity index (χ2v) is 7.81. The van der Waals surface area contributed by atoms with E-state index in [0.717, 1.165) is 40.7 Å². The highest BCUT2D eigenvalue weighted by Gasteiger charge is 2.30. The van der Waals surface area contributed by atoms with Gasteiger partial charge in [0.2, 0.25) is 5.91 Å². The molecule has 2 aliphatic rings. The van der Waals surface area contributed by atoms with Gasteiger partial charge in [-0.3, -0.25) is 4.79 Å². The number of fused-ring (bicyclic) bond motifs is 1. The largest absolute Gasteiger partial charge is 0.467 e. The van der Waals surface area contributed by atoms with E-state index >= 15 is 0 Å². The molecule has 1 saturated carbocycles. The number of thioether (sulfide) groups is 1. The fourth-order valence-electron chi connectivity index (χ4n) is 2.99. The summed E-state index contributed by atoms with van der Waals surface area (Å²) in [6.45, 7) is 1.25. The number of ether oxygens (including phenoxy) is 2. The number of primary amides is 1. The van der Waals surface area contributed by atoms with Crippen LogP contribution in [0.2, 0.25) is 5.02 Å². The Balaban J connectivity index is 1.55. The lowest BCUT2D eigenvalue weighted by Crippen LogP contribution is -2.15. The first-order valence-corrected chi connectivity index (χ1v) is 9.84. The van der Waals surface area contributed by atoms with Crippen molar-refractivity contribution in [2.75, 3.05) is 6.79 Å². The molecular formula is C17H19ClN4O3S. The highest BCUT2D eigenvalue weighted by molar-refractivity contribution is 7.98. The number of amides is 1. The molecule has 1 amide bonds. The monoisotopic (exact) mass is 394 g/mol. The average Bonchev–Trinajstić information content (AvgIpc) is 3.38. The smallest absolute Gasteiger partial charge is 0.219 e. The molecule has 1 fully saturated rings. The first-order valence-electron chi connectivity index (χ1n) is 8.48. The van der Waals surface area contributed by atoms with Crippen molar-refractivity contribution in [1.82, 2.24) is 14.8 Å². The summed E-state index contributed by atoms with van der Waals surface area (Å²) < 4.78 is 13.0. The predicted octanol–water partition coefficient (Wildman–Crippen LogP) is 2.84. The van der Waals surface area contributed by atoms with Crippen LogP contribution >= 0.6 is 23.4 Å². The maximum atomic E-state index is 11.2. The third-order valence-electron chi connectivity index (χ3n) is 4.38. The Hall–Kier alpha value is -1.77. The molecule has 2 heterocycles. The van der Waals surface area contributed by atoms with E-state index in [9.17, 15) is 4.79 Å². The normalized spacial score (nSPS) is 16.2. The van der Waals surface area contributed by atoms with Crippen molar-refractivity contribution in [3.05, 3.63) is 34.1 Å². The van der Waals surface area contributed by atoms with Gasteiger partial charge in [0.05, 0.1) is 6.61 Å². The summed E-state index contributed by atoms with van der Waals surface area (Å²) >= 11 is 7.79. The van der Waals surface area contributed by atoms with Crippen LogP contribution < -0.4 is 10.5 Å². The number of nitrogens with zero attached hydrogens (tertiary/aromatic N) is 3. The minimum Gasteiger partial charge on any atom is -0.467 e. The molecule has 2 aromatic rings. The Morgan fingerprint density at radius 3 is 3.00 bits per heavy atom. The van der Waals surface area contributed by atoms with Crippen LogP contribution in [0.1, 0.15) is 42.1 Å². The van der Waals surface area contributed by atoms with Crippen LogP contribution in [-0.4, -0.2) is 27.5 Å². The number of hydrogen-bond acceptors (Lipinski definition) is 6. The Bertz CT molecular complexity index is 838. The molecule has 1 aromatic carbocycles. The van der Waals surface area contributed by atoms with Crippen molar-refractivity contribution in [3.8, 4) is 5.75 Å². The maximum absolute atomic E-state index is 11.2. The van der Waals surface area contributed by atoms with Gasteiger partial charge >= 0.3 is 0 Å². The van der Waals surface area contributed by atoms with E-state index in [2.05, 4.69) is 10.2 Å². The second kappa shape index (κ2) is 7.46. The quantitative estimate of drug-likeness (QED) is 0.726. The number of aromatic nitrogens is 3. The van der Waals surface area contributed by atoms with Gasteiger partial charge in [-0.15, -0.1) is 10.2 Å². The van der Waals surface area contributed by atoms with Crippen LogP contribution in [0.25, 0.3) is 0 Å². The van der Waals surface area contributed by atoms with Crippen molar-refractivity contribution >= 4 is 29.3 Å². The van der Waals surface area contributed by atoms with Crippen LogP contribution in [0.5, 0.6) is 5.75 Å². The number of nitrogens with two attached hydrogens (primary N) is 1. The van der Waals surface area contributed by atoms with Gasteiger partial charge in [-0.2, -0.15) is 0 Å². The maximum Gasteiger partial charge on any atom is 0.219 e. The van der Waals surface area contributed by atoms with Crippen LogP contribution in [0.4, 0.5) is 0 Å². The zero-order chi connectivity index (χ0) is 18.1. The topological polar surface area (TPSA) is 92.3 Å². The molecule has 0 unspecified atom stereocenters. The lowest BCUT2D eigenvalue weighted by molar-refractivity contribution is -0.118. The van der Waals surface area contributed by atoms with E-state index in [1.54, 1.807) is 11.8 Å². The van der Waals surface area contributed by atoms with E-state index in [1.165, 1.54) is 0 Å². The van der Waals surface area contributed by atoms with E-state index in [4.69, 9.17) is 26.8 Å². The number of carbonyl (C=O) groups is 1. The van der Waals surface area contributed by atoms with Crippen molar-refractivity contribution in [3.63, 3.8) is 0 Å². The molecule has 7 nitrogen and oxygen atoms in total. The summed E-state index contributed by atoms with van der Waals surface area (Å²) in [6, 6.07) is 3.77. The summed E-state index contributed by atoms with van der Waals surface area (Å²) in [5, 5.41) is 10.1. The number of halogens is 1. The lowest BCUT2D eigenvalue weighted by atomic mass is 10.1. The number of benzene rings is 1. The van der Waals surface area contributed by atoms with Crippen molar-refractivity contribution in [1.29, 1.82) is 0 Å². The van der Waals surface area contributed by atoms with Gasteiger partial charge in [0.25, 0.3) is 0 Å². The minimum absolute atomic E-state index is 0.243. The van der Waals surface area contributed by atoms with Crippen LogP contribution in [-0.2, 0) is 28.4 Å². The standard InChI is InChI=1S/C17H19ClN4O3S/c18-13-5-11-7-24-9-25-15(11)12(6-13)8-26-17-21-20-16(10-1-2-10)22(17)4-3-14(19)23/h5-6,10H,1-4,7-9H2,(H2,19,23). The van der Waals surface area contributed by atoms with E-state index < -0.39 is 0 Å². The Morgan fingerprint density at radius 2 is 2.23 bits per heavy atom. The van der Waals surface area contributed by atoms with E-state index in [1.807, 2.05) is 16.7 Å². The van der Waals surface area contributed by atoms with Crippen molar-refractivity contribution < 1.29 is 14.3 Å². The van der Waals surface area contributed by atoms with Crippen molar-refractivity contribution in [2.45, 2.75) is 49.2 Å². The molecule has 138 valence electrons. The first-order chi connectivity index (χ1) is 12.6. The molecule has 9 heteroatoms. The van der Waals surface area contributed by atoms with Crippen LogP contribution in [0.15, 0.2) is 17.3 Å². The molecule has 2 N–H and O–H groups in total. The average molecular weight is 395 g/mol. The molecule has 0 atom stereocenters. The number of rotatable bonds is 7. The molecule has 0 bridgehead atoms. The Kier molecular flexibility index (Phi) is 5.06. The zero-order valence-corrected chi connectivity index (χ0v) is 15.7. The molecule has 4 rings (SSSR count). The Morgan fingerprint density at radius 1 is 1.38 bits per heavy atom. The SMILES string of the molecule is NC(=O)CCn1c(SCc2cc(Cl)cc3c2OCOC3)nnc1C1CC1. The summed E-state index contributed by atoms with van der Waals surface area (Å²) in [7, 11) is 0. The summed E-state index contributed by atoms with van der Waals surface area (Å²) in [5.41, 5.74) is 7.27. The number of carbonyl (C=O) groups excluding carboxylic acids is 1. The van der Waals surface area contributed by atoms with E-state index in [0.29, 0.717) is 29.8 Å². The summed E-state index contributed by atoms with van der Waals surface area (Å²) in [6.07, 6.45) is 2.52. The second-order valence-electron chi connectivity index (χ2n) is 6.44. The highest BCUT2D eigenvalue weighted by atomic mass is 35.5. The molecule has 26 heavy (non-hydrogen) atoms. The highest BCUT2D eigenvalue weighted by Crippen LogP contribution is 2.41. The molecule has 1 aliphatic carbocycles. The third kappa shape index (κ3) is 3.82. The lowest BCUT2D eigenvalue weighted by Gasteiger charge is -2.21. The first kappa shape index (κ1) is 17.6. The van der Waals surface area contributed by atoms with Gasteiger partial charge in [-0.05, 0) is 25.0 Å². The molecular weight excluding hydrogens is 376 g/mol. The zero-order valence-electron chi connectivity index (χ0n) is 14.1. The third-order valence-corrected chi connectivity index (χ3v) is 5.61. The summed E-state index contributed by atoms with van der Waals surface area (Å²) in [4.78, 5) is 11.2. The van der Waals surface area contributed by atoms with Gasteiger partial charge in [-0.25, -0.2) is 0 Å². The fraction of sp³-hybridized carbons (Fsp3) is 0.471. The number of hydrogen-bond donors (Lipinski definition) is 1.